The van der Waals surface area contributed by atoms with Crippen LogP contribution in [0.2, 0.25) is 0 Å². The van der Waals surface area contributed by atoms with Gasteiger partial charge in [-0.1, -0.05) is 12.1 Å². The zero-order chi connectivity index (χ0) is 9.97. The summed E-state index contributed by atoms with van der Waals surface area (Å²) in [6.07, 6.45) is 4.50. The number of aryl methyl sites for hydroxylation is 1. The van der Waals surface area contributed by atoms with E-state index in [1.165, 1.54) is 0 Å². The number of hydrogen-bond donors (Lipinski definition) is 0. The highest BCUT2D eigenvalue weighted by atomic mass is 16.1. The van der Waals surface area contributed by atoms with Gasteiger partial charge in [0.15, 0.2) is 6.29 Å². The first kappa shape index (κ1) is 8.69. The summed E-state index contributed by atoms with van der Waals surface area (Å²) in [7, 11) is 0. The molecule has 0 aliphatic carbocycles. The van der Waals surface area contributed by atoms with Crippen molar-refractivity contribution in [2.45, 2.75) is 6.92 Å². The molecule has 2 aromatic rings. The van der Waals surface area contributed by atoms with E-state index in [9.17, 15) is 4.79 Å². The fraction of sp³-hybridized carbons (Fsp3) is 0.0909. The van der Waals surface area contributed by atoms with Crippen molar-refractivity contribution in [2.75, 3.05) is 0 Å². The van der Waals surface area contributed by atoms with Crippen LogP contribution in [0, 0.1) is 6.92 Å². The van der Waals surface area contributed by atoms with Gasteiger partial charge in [0.2, 0.25) is 0 Å². The number of aromatic nitrogens is 2. The summed E-state index contributed by atoms with van der Waals surface area (Å²) in [6, 6.07) is 7.37. The van der Waals surface area contributed by atoms with E-state index in [1.54, 1.807) is 16.9 Å². The van der Waals surface area contributed by atoms with Crippen LogP contribution in [0.25, 0.3) is 5.69 Å². The number of carbonyl (C=O) groups is 1. The van der Waals surface area contributed by atoms with Crippen LogP contribution in [0.15, 0.2) is 36.7 Å². The van der Waals surface area contributed by atoms with Gasteiger partial charge in [-0.25, -0.2) is 4.68 Å². The monoisotopic (exact) mass is 186 g/mol. The zero-order valence-electron chi connectivity index (χ0n) is 7.84. The quantitative estimate of drug-likeness (QED) is 0.672. The van der Waals surface area contributed by atoms with Gasteiger partial charge < -0.3 is 0 Å². The van der Waals surface area contributed by atoms with Gasteiger partial charge in [0.25, 0.3) is 0 Å². The Balaban J connectivity index is 2.55. The molecule has 0 unspecified atom stereocenters. The summed E-state index contributed by atoms with van der Waals surface area (Å²) < 4.78 is 1.71. The van der Waals surface area contributed by atoms with Crippen molar-refractivity contribution in [3.8, 4) is 5.69 Å². The zero-order valence-corrected chi connectivity index (χ0v) is 7.84. The number of benzene rings is 1. The van der Waals surface area contributed by atoms with Crippen molar-refractivity contribution >= 4 is 6.29 Å². The Bertz CT molecular complexity index is 460. The fourth-order valence-electron chi connectivity index (χ4n) is 1.34. The number of carbonyl (C=O) groups excluding carboxylic acids is 1. The number of rotatable bonds is 2. The predicted octanol–water partition coefficient (Wildman–Crippen LogP) is 1.99. The van der Waals surface area contributed by atoms with Gasteiger partial charge in [0, 0.05) is 11.8 Å². The lowest BCUT2D eigenvalue weighted by Gasteiger charge is -2.03. The molecule has 1 heterocycles. The molecule has 0 saturated heterocycles. The third-order valence-corrected chi connectivity index (χ3v) is 2.02. The van der Waals surface area contributed by atoms with E-state index in [0.29, 0.717) is 5.56 Å². The minimum absolute atomic E-state index is 0.649. The Labute approximate surface area is 82.0 Å². The molecule has 1 aromatic carbocycles. The van der Waals surface area contributed by atoms with Crippen molar-refractivity contribution < 1.29 is 4.79 Å². The summed E-state index contributed by atoms with van der Waals surface area (Å²) in [5.41, 5.74) is 2.54. The van der Waals surface area contributed by atoms with Crippen molar-refractivity contribution in [2.24, 2.45) is 0 Å². The molecule has 2 rings (SSSR count). The number of aldehydes is 1. The molecule has 0 radical (unpaired) electrons. The SMILES string of the molecule is Cc1cnn(-c2ccccc2C=O)c1. The Morgan fingerprint density at radius 1 is 1.36 bits per heavy atom. The first-order chi connectivity index (χ1) is 6.81. The largest absolute Gasteiger partial charge is 0.298 e. The van der Waals surface area contributed by atoms with E-state index in [4.69, 9.17) is 0 Å². The third kappa shape index (κ3) is 1.44. The third-order valence-electron chi connectivity index (χ3n) is 2.02. The average Bonchev–Trinajstić information content (AvgIpc) is 2.65. The van der Waals surface area contributed by atoms with E-state index < -0.39 is 0 Å². The van der Waals surface area contributed by atoms with Crippen LogP contribution in [0.1, 0.15) is 15.9 Å². The lowest BCUT2D eigenvalue weighted by molar-refractivity contribution is 0.112. The lowest BCUT2D eigenvalue weighted by atomic mass is 10.2. The molecule has 3 heteroatoms. The summed E-state index contributed by atoms with van der Waals surface area (Å²) in [5, 5.41) is 4.15. The molecular weight excluding hydrogens is 176 g/mol. The molecule has 14 heavy (non-hydrogen) atoms. The molecule has 1 aromatic heterocycles. The molecule has 0 N–H and O–H groups in total. The van der Waals surface area contributed by atoms with Crippen molar-refractivity contribution in [1.29, 1.82) is 0 Å². The lowest BCUT2D eigenvalue weighted by Crippen LogP contribution is -1.98. The van der Waals surface area contributed by atoms with Crippen LogP contribution in [0.5, 0.6) is 0 Å². The Hall–Kier alpha value is -1.90. The van der Waals surface area contributed by atoms with Gasteiger partial charge in [0.05, 0.1) is 11.9 Å². The molecule has 0 aliphatic rings. The van der Waals surface area contributed by atoms with E-state index in [-0.39, 0.29) is 0 Å². The van der Waals surface area contributed by atoms with E-state index in [2.05, 4.69) is 5.10 Å². The van der Waals surface area contributed by atoms with Gasteiger partial charge >= 0.3 is 0 Å². The van der Waals surface area contributed by atoms with Gasteiger partial charge in [-0.05, 0) is 24.6 Å². The van der Waals surface area contributed by atoms with Crippen molar-refractivity contribution in [3.63, 3.8) is 0 Å². The molecular formula is C11H10N2O. The molecule has 70 valence electrons. The van der Waals surface area contributed by atoms with E-state index in [1.807, 2.05) is 31.3 Å². The molecule has 0 atom stereocenters. The van der Waals surface area contributed by atoms with Gasteiger partial charge in [-0.3, -0.25) is 4.79 Å². The second-order valence-corrected chi connectivity index (χ2v) is 3.14. The van der Waals surface area contributed by atoms with Gasteiger partial charge in [-0.2, -0.15) is 5.10 Å². The highest BCUT2D eigenvalue weighted by Gasteiger charge is 2.02. The maximum absolute atomic E-state index is 10.8. The first-order valence-corrected chi connectivity index (χ1v) is 4.37. The first-order valence-electron chi connectivity index (χ1n) is 4.37. The second-order valence-electron chi connectivity index (χ2n) is 3.14. The molecule has 3 nitrogen and oxygen atoms in total. The van der Waals surface area contributed by atoms with Crippen LogP contribution < -0.4 is 0 Å². The normalized spacial score (nSPS) is 10.1. The van der Waals surface area contributed by atoms with Gasteiger partial charge in [0.1, 0.15) is 0 Å². The van der Waals surface area contributed by atoms with Crippen LogP contribution in [0.4, 0.5) is 0 Å². The van der Waals surface area contributed by atoms with E-state index >= 15 is 0 Å². The second kappa shape index (κ2) is 3.46. The molecule has 0 bridgehead atoms. The summed E-state index contributed by atoms with van der Waals surface area (Å²) >= 11 is 0. The van der Waals surface area contributed by atoms with Crippen LogP contribution in [0.3, 0.4) is 0 Å². The minimum atomic E-state index is 0.649. The summed E-state index contributed by atoms with van der Waals surface area (Å²) in [6.45, 7) is 1.97. The predicted molar refractivity (Wildman–Crippen MR) is 53.7 cm³/mol. The van der Waals surface area contributed by atoms with Gasteiger partial charge in [-0.15, -0.1) is 0 Å². The van der Waals surface area contributed by atoms with Crippen molar-refractivity contribution in [3.05, 3.63) is 47.8 Å². The Morgan fingerprint density at radius 2 is 2.14 bits per heavy atom. The van der Waals surface area contributed by atoms with Crippen LogP contribution in [-0.4, -0.2) is 16.1 Å². The standard InChI is InChI=1S/C11H10N2O/c1-9-6-12-13(7-9)11-5-3-2-4-10(11)8-14/h2-8H,1H3. The number of hydrogen-bond acceptors (Lipinski definition) is 2. The van der Waals surface area contributed by atoms with Crippen LogP contribution in [-0.2, 0) is 0 Å². The maximum atomic E-state index is 10.8. The molecule has 0 saturated carbocycles. The Kier molecular flexibility index (Phi) is 2.14. The fourth-order valence-corrected chi connectivity index (χ4v) is 1.34. The van der Waals surface area contributed by atoms with Crippen LogP contribution >= 0.6 is 0 Å². The molecule has 0 amide bonds. The smallest absolute Gasteiger partial charge is 0.152 e. The molecule has 0 aliphatic heterocycles. The number of nitrogens with zero attached hydrogens (tertiary/aromatic N) is 2. The number of para-hydroxylation sites is 1. The average molecular weight is 186 g/mol. The maximum Gasteiger partial charge on any atom is 0.152 e. The topological polar surface area (TPSA) is 34.9 Å². The minimum Gasteiger partial charge on any atom is -0.298 e. The summed E-state index contributed by atoms with van der Waals surface area (Å²) in [4.78, 5) is 10.8. The van der Waals surface area contributed by atoms with E-state index in [0.717, 1.165) is 17.5 Å². The summed E-state index contributed by atoms with van der Waals surface area (Å²) in [5.74, 6) is 0. The highest BCUT2D eigenvalue weighted by molar-refractivity contribution is 5.80. The Morgan fingerprint density at radius 3 is 2.79 bits per heavy atom. The molecule has 0 spiro atoms. The van der Waals surface area contributed by atoms with Crippen molar-refractivity contribution in [1.82, 2.24) is 9.78 Å². The molecule has 0 fully saturated rings. The highest BCUT2D eigenvalue weighted by Crippen LogP contribution is 2.11.